The Balaban J connectivity index is 1.56. The minimum absolute atomic E-state index is 0.314. The normalized spacial score (nSPS) is 10.8. The van der Waals surface area contributed by atoms with Crippen LogP contribution in [0.15, 0.2) is 48.8 Å². The smallest absolute Gasteiger partial charge is 0.348 e. The molecule has 0 N–H and O–H groups in total. The number of aryl methyl sites for hydroxylation is 1. The van der Waals surface area contributed by atoms with Gasteiger partial charge in [0.25, 0.3) is 0 Å². The first-order valence-corrected chi connectivity index (χ1v) is 7.80. The molecule has 2 aromatic heterocycles. The van der Waals surface area contributed by atoms with Gasteiger partial charge in [0.2, 0.25) is 0 Å². The zero-order valence-electron chi connectivity index (χ0n) is 11.8. The number of hydrogen-bond donors (Lipinski definition) is 0. The topological polar surface area (TPSA) is 39.2 Å². The largest absolute Gasteiger partial charge is 0.461 e. The maximum absolute atomic E-state index is 13.6. The molecule has 3 aromatic rings. The highest BCUT2D eigenvalue weighted by Gasteiger charge is 2.13. The molecule has 0 atom stereocenters. The van der Waals surface area contributed by atoms with E-state index in [0.29, 0.717) is 16.9 Å². The van der Waals surface area contributed by atoms with Gasteiger partial charge in [0.05, 0.1) is 6.61 Å². The zero-order valence-corrected chi connectivity index (χ0v) is 12.6. The number of rotatable bonds is 5. The van der Waals surface area contributed by atoms with Gasteiger partial charge in [0.1, 0.15) is 10.7 Å². The minimum atomic E-state index is -0.393. The molecule has 0 aliphatic heterocycles. The second kappa shape index (κ2) is 6.66. The van der Waals surface area contributed by atoms with Crippen LogP contribution in [0.25, 0.3) is 10.1 Å². The van der Waals surface area contributed by atoms with Gasteiger partial charge >= 0.3 is 5.97 Å². The summed E-state index contributed by atoms with van der Waals surface area (Å²) in [6.45, 7) is 0.345. The van der Waals surface area contributed by atoms with Gasteiger partial charge in [0, 0.05) is 22.5 Å². The number of hydrogen-bond acceptors (Lipinski definition) is 4. The van der Waals surface area contributed by atoms with Crippen LogP contribution in [0, 0.1) is 5.82 Å². The Morgan fingerprint density at radius 1 is 1.23 bits per heavy atom. The van der Waals surface area contributed by atoms with E-state index in [1.54, 1.807) is 30.6 Å². The first kappa shape index (κ1) is 14.7. The van der Waals surface area contributed by atoms with Crippen molar-refractivity contribution >= 4 is 27.4 Å². The van der Waals surface area contributed by atoms with E-state index in [9.17, 15) is 9.18 Å². The van der Waals surface area contributed by atoms with Crippen LogP contribution in [0.2, 0.25) is 0 Å². The maximum Gasteiger partial charge on any atom is 0.348 e. The van der Waals surface area contributed by atoms with Crippen LogP contribution in [-0.4, -0.2) is 17.6 Å². The lowest BCUT2D eigenvalue weighted by molar-refractivity contribution is 0.0506. The fourth-order valence-electron chi connectivity index (χ4n) is 2.19. The summed E-state index contributed by atoms with van der Waals surface area (Å²) in [5.41, 5.74) is 1.16. The number of esters is 1. The fraction of sp³-hybridized carbons (Fsp3) is 0.176. The predicted octanol–water partition coefficient (Wildman–Crippen LogP) is 4.23. The molecule has 0 unspecified atom stereocenters. The molecule has 5 heteroatoms. The van der Waals surface area contributed by atoms with Gasteiger partial charge in [0.15, 0.2) is 0 Å². The summed E-state index contributed by atoms with van der Waals surface area (Å²) in [4.78, 5) is 16.4. The molecule has 0 spiro atoms. The third kappa shape index (κ3) is 3.31. The number of thiophene rings is 1. The number of nitrogens with zero attached hydrogens (tertiary/aromatic N) is 1. The monoisotopic (exact) mass is 315 g/mol. The fourth-order valence-corrected chi connectivity index (χ4v) is 3.16. The molecule has 22 heavy (non-hydrogen) atoms. The van der Waals surface area contributed by atoms with Gasteiger partial charge in [-0.3, -0.25) is 4.98 Å². The second-order valence-electron chi connectivity index (χ2n) is 4.86. The van der Waals surface area contributed by atoms with Gasteiger partial charge in [-0.25, -0.2) is 9.18 Å². The average Bonchev–Trinajstić information content (AvgIpc) is 2.98. The molecule has 2 heterocycles. The molecule has 0 saturated carbocycles. The maximum atomic E-state index is 13.6. The molecule has 0 bridgehead atoms. The summed E-state index contributed by atoms with van der Waals surface area (Å²) in [5.74, 6) is -0.708. The molecule has 3 nitrogen and oxygen atoms in total. The number of benzene rings is 1. The number of carbonyl (C=O) groups is 1. The lowest BCUT2D eigenvalue weighted by atomic mass is 10.1. The molecule has 0 aliphatic rings. The van der Waals surface area contributed by atoms with Crippen molar-refractivity contribution in [3.8, 4) is 0 Å². The van der Waals surface area contributed by atoms with Crippen molar-refractivity contribution < 1.29 is 13.9 Å². The quantitative estimate of drug-likeness (QED) is 0.522. The lowest BCUT2D eigenvalue weighted by Gasteiger charge is -2.03. The van der Waals surface area contributed by atoms with Crippen LogP contribution in [0.5, 0.6) is 0 Å². The average molecular weight is 315 g/mol. The Hall–Kier alpha value is -2.27. The van der Waals surface area contributed by atoms with E-state index in [1.807, 2.05) is 12.1 Å². The molecule has 0 radical (unpaired) electrons. The van der Waals surface area contributed by atoms with E-state index in [0.717, 1.165) is 23.1 Å². The summed E-state index contributed by atoms with van der Waals surface area (Å²) < 4.78 is 19.6. The molecule has 0 aliphatic carbocycles. The molecule has 0 saturated heterocycles. The van der Waals surface area contributed by atoms with Crippen molar-refractivity contribution in [1.82, 2.24) is 4.98 Å². The number of pyridine rings is 1. The summed E-state index contributed by atoms with van der Waals surface area (Å²) >= 11 is 1.25. The van der Waals surface area contributed by atoms with Crippen LogP contribution in [0.1, 0.15) is 21.7 Å². The van der Waals surface area contributed by atoms with E-state index >= 15 is 0 Å². The van der Waals surface area contributed by atoms with Crippen molar-refractivity contribution in [3.05, 3.63) is 65.0 Å². The van der Waals surface area contributed by atoms with Crippen molar-refractivity contribution in [3.63, 3.8) is 0 Å². The second-order valence-corrected chi connectivity index (χ2v) is 5.94. The standard InChI is InChI=1S/C17H14FNO2S/c18-14-4-1-5-15-13(14)11-16(22-15)17(20)21-10-2-3-12-6-8-19-9-7-12/h1,4-9,11H,2-3,10H2. The first-order chi connectivity index (χ1) is 10.7. The van der Waals surface area contributed by atoms with Crippen molar-refractivity contribution in [2.75, 3.05) is 6.61 Å². The van der Waals surface area contributed by atoms with E-state index in [2.05, 4.69) is 4.98 Å². The SMILES string of the molecule is O=C(OCCCc1ccncc1)c1cc2c(F)cccc2s1. The number of ether oxygens (including phenoxy) is 1. The molecule has 0 amide bonds. The highest BCUT2D eigenvalue weighted by atomic mass is 32.1. The first-order valence-electron chi connectivity index (χ1n) is 6.98. The Labute approximate surface area is 131 Å². The van der Waals surface area contributed by atoms with Crippen LogP contribution in [0.3, 0.4) is 0 Å². The summed E-state index contributed by atoms with van der Waals surface area (Å²) in [5, 5.41) is 0.469. The van der Waals surface area contributed by atoms with Gasteiger partial charge < -0.3 is 4.74 Å². The lowest BCUT2D eigenvalue weighted by Crippen LogP contribution is -2.05. The van der Waals surface area contributed by atoms with E-state index in [4.69, 9.17) is 4.74 Å². The molecular formula is C17H14FNO2S. The third-order valence-electron chi connectivity index (χ3n) is 3.30. The number of halogens is 1. The van der Waals surface area contributed by atoms with Crippen molar-refractivity contribution in [2.45, 2.75) is 12.8 Å². The van der Waals surface area contributed by atoms with E-state index < -0.39 is 5.97 Å². The van der Waals surface area contributed by atoms with E-state index in [-0.39, 0.29) is 5.82 Å². The molecule has 112 valence electrons. The minimum Gasteiger partial charge on any atom is -0.461 e. The van der Waals surface area contributed by atoms with E-state index in [1.165, 1.54) is 17.4 Å². The molecular weight excluding hydrogens is 301 g/mol. The molecule has 3 rings (SSSR count). The third-order valence-corrected chi connectivity index (χ3v) is 4.38. The van der Waals surface area contributed by atoms with Crippen molar-refractivity contribution in [1.29, 1.82) is 0 Å². The Morgan fingerprint density at radius 3 is 2.82 bits per heavy atom. The Kier molecular flexibility index (Phi) is 4.44. The number of carbonyl (C=O) groups excluding carboxylic acids is 1. The summed E-state index contributed by atoms with van der Waals surface area (Å²) in [6, 6.07) is 10.3. The van der Waals surface area contributed by atoms with Gasteiger partial charge in [-0.2, -0.15) is 0 Å². The van der Waals surface area contributed by atoms with Crippen LogP contribution in [0.4, 0.5) is 4.39 Å². The highest BCUT2D eigenvalue weighted by molar-refractivity contribution is 7.20. The van der Waals surface area contributed by atoms with Crippen molar-refractivity contribution in [2.24, 2.45) is 0 Å². The molecule has 1 aromatic carbocycles. The van der Waals surface area contributed by atoms with Gasteiger partial charge in [-0.15, -0.1) is 11.3 Å². The number of aromatic nitrogens is 1. The van der Waals surface area contributed by atoms with Crippen LogP contribution >= 0.6 is 11.3 Å². The molecule has 0 fully saturated rings. The summed E-state index contributed by atoms with van der Waals surface area (Å²) in [7, 11) is 0. The summed E-state index contributed by atoms with van der Waals surface area (Å²) in [6.07, 6.45) is 5.06. The zero-order chi connectivity index (χ0) is 15.4. The highest BCUT2D eigenvalue weighted by Crippen LogP contribution is 2.28. The Morgan fingerprint density at radius 2 is 2.05 bits per heavy atom. The van der Waals surface area contributed by atoms with Crippen LogP contribution < -0.4 is 0 Å². The van der Waals surface area contributed by atoms with Gasteiger partial charge in [-0.05, 0) is 48.7 Å². The van der Waals surface area contributed by atoms with Gasteiger partial charge in [-0.1, -0.05) is 6.07 Å². The Bertz CT molecular complexity index is 786. The van der Waals surface area contributed by atoms with Crippen LogP contribution in [-0.2, 0) is 11.2 Å². The number of fused-ring (bicyclic) bond motifs is 1. The predicted molar refractivity (Wildman–Crippen MR) is 84.6 cm³/mol.